The number of hydrogen-bond acceptors (Lipinski definition) is 6. The van der Waals surface area contributed by atoms with Crippen LogP contribution in [-0.4, -0.2) is 66.1 Å². The summed E-state index contributed by atoms with van der Waals surface area (Å²) in [5.41, 5.74) is 5.41. The Morgan fingerprint density at radius 1 is 1.00 bits per heavy atom. The number of benzene rings is 1. The normalized spacial score (nSPS) is 16.2. The number of amides is 1. The zero-order chi connectivity index (χ0) is 26.5. The smallest absolute Gasteiger partial charge is 0.327 e. The summed E-state index contributed by atoms with van der Waals surface area (Å²) in [5, 5.41) is 1.00. The van der Waals surface area contributed by atoms with Crippen molar-refractivity contribution in [2.75, 3.05) is 31.1 Å². The van der Waals surface area contributed by atoms with Crippen LogP contribution in [0.3, 0.4) is 0 Å². The van der Waals surface area contributed by atoms with Gasteiger partial charge in [-0.25, -0.2) is 19.7 Å². The van der Waals surface area contributed by atoms with Gasteiger partial charge in [-0.3, -0.25) is 14.3 Å². The maximum absolute atomic E-state index is 13.5. The number of imidazole rings is 1. The first-order valence-electron chi connectivity index (χ1n) is 13.6. The largest absolute Gasteiger partial charge is 0.356 e. The minimum atomic E-state index is -0.145. The first-order valence-corrected chi connectivity index (χ1v) is 13.6. The summed E-state index contributed by atoms with van der Waals surface area (Å²) in [5.74, 6) is 0.994. The number of nitrogens with one attached hydrogen (secondary N) is 1. The third-order valence-corrected chi connectivity index (χ3v) is 8.20. The molecule has 2 aliphatic heterocycles. The minimum Gasteiger partial charge on any atom is -0.356 e. The van der Waals surface area contributed by atoms with Crippen molar-refractivity contribution in [3.8, 4) is 11.1 Å². The molecule has 1 aromatic carbocycles. The number of hydrogen-bond donors (Lipinski definition) is 1. The molecule has 2 aliphatic rings. The molecular formula is C29H30N8O2. The van der Waals surface area contributed by atoms with Crippen LogP contribution in [-0.2, 0) is 11.3 Å². The number of carbonyl (C=O) groups is 1. The molecule has 10 nitrogen and oxygen atoms in total. The number of anilines is 1. The number of aromatic nitrogens is 6. The predicted molar refractivity (Wildman–Crippen MR) is 150 cm³/mol. The van der Waals surface area contributed by atoms with E-state index in [-0.39, 0.29) is 24.2 Å². The molecule has 1 amide bonds. The van der Waals surface area contributed by atoms with E-state index in [1.54, 1.807) is 17.1 Å². The molecule has 1 N–H and O–H groups in total. The van der Waals surface area contributed by atoms with Gasteiger partial charge in [0.25, 0.3) is 0 Å². The van der Waals surface area contributed by atoms with E-state index >= 15 is 0 Å². The van der Waals surface area contributed by atoms with Gasteiger partial charge in [0.2, 0.25) is 5.91 Å². The fourth-order valence-electron chi connectivity index (χ4n) is 6.02. The lowest BCUT2D eigenvalue weighted by atomic mass is 10.0. The molecule has 0 saturated carbocycles. The average molecular weight is 523 g/mol. The van der Waals surface area contributed by atoms with Crippen LogP contribution in [0.2, 0.25) is 0 Å². The van der Waals surface area contributed by atoms with Crippen LogP contribution in [0.1, 0.15) is 30.9 Å². The summed E-state index contributed by atoms with van der Waals surface area (Å²) < 4.78 is 3.78. The molecule has 39 heavy (non-hydrogen) atoms. The molecule has 0 radical (unpaired) electrons. The Balaban J connectivity index is 1.16. The summed E-state index contributed by atoms with van der Waals surface area (Å²) in [6.07, 6.45) is 7.94. The molecule has 0 spiro atoms. The predicted octanol–water partition coefficient (Wildman–Crippen LogP) is 3.52. The first kappa shape index (κ1) is 23.6. The Bertz CT molecular complexity index is 1750. The van der Waals surface area contributed by atoms with Gasteiger partial charge in [-0.15, -0.1) is 0 Å². The third-order valence-electron chi connectivity index (χ3n) is 8.20. The van der Waals surface area contributed by atoms with Crippen LogP contribution in [0.5, 0.6) is 0 Å². The lowest BCUT2D eigenvalue weighted by Gasteiger charge is -2.33. The molecule has 6 heterocycles. The quantitative estimate of drug-likeness (QED) is 0.379. The summed E-state index contributed by atoms with van der Waals surface area (Å²) >= 11 is 0. The number of pyridine rings is 1. The van der Waals surface area contributed by atoms with E-state index in [1.165, 1.54) is 5.56 Å². The average Bonchev–Trinajstić information content (AvgIpc) is 3.45. The second-order valence-corrected chi connectivity index (χ2v) is 10.5. The van der Waals surface area contributed by atoms with Crippen molar-refractivity contribution in [1.82, 2.24) is 34.0 Å². The van der Waals surface area contributed by atoms with E-state index < -0.39 is 0 Å². The van der Waals surface area contributed by atoms with Gasteiger partial charge in [-0.05, 0) is 49.4 Å². The summed E-state index contributed by atoms with van der Waals surface area (Å²) in [7, 11) is 0. The Morgan fingerprint density at radius 3 is 2.59 bits per heavy atom. The third kappa shape index (κ3) is 3.98. The fraction of sp³-hybridized carbons (Fsp3) is 0.345. The number of H-pyrrole nitrogens is 1. The van der Waals surface area contributed by atoms with E-state index in [0.717, 1.165) is 65.8 Å². The van der Waals surface area contributed by atoms with Crippen LogP contribution < -0.4 is 10.6 Å². The van der Waals surface area contributed by atoms with Crippen molar-refractivity contribution in [2.45, 2.75) is 38.8 Å². The summed E-state index contributed by atoms with van der Waals surface area (Å²) in [6.45, 7) is 5.47. The molecule has 2 fully saturated rings. The molecule has 0 atom stereocenters. The SMILES string of the molecule is Cc1ccccc1-c1cn(CC(=O)N2CCC(n3c(=O)[nH]c4ncccc43)CC2)c2ncnc(N3CCC3)c12. The van der Waals surface area contributed by atoms with Crippen molar-refractivity contribution < 1.29 is 4.79 Å². The van der Waals surface area contributed by atoms with Gasteiger partial charge in [0.15, 0.2) is 5.65 Å². The molecular weight excluding hydrogens is 492 g/mol. The lowest BCUT2D eigenvalue weighted by Crippen LogP contribution is -2.41. The number of aromatic amines is 1. The Kier molecular flexibility index (Phi) is 5.68. The maximum Gasteiger partial charge on any atom is 0.327 e. The molecule has 2 saturated heterocycles. The second kappa shape index (κ2) is 9.37. The molecule has 0 aliphatic carbocycles. The molecule has 4 aromatic heterocycles. The van der Waals surface area contributed by atoms with E-state index in [1.807, 2.05) is 33.7 Å². The molecule has 10 heteroatoms. The van der Waals surface area contributed by atoms with Crippen molar-refractivity contribution in [3.63, 3.8) is 0 Å². The van der Waals surface area contributed by atoms with Crippen molar-refractivity contribution in [2.24, 2.45) is 0 Å². The highest BCUT2D eigenvalue weighted by atomic mass is 16.2. The number of carbonyl (C=O) groups excluding carboxylic acids is 1. The molecule has 5 aromatic rings. The van der Waals surface area contributed by atoms with Crippen LogP contribution in [0.25, 0.3) is 33.3 Å². The number of nitrogens with zero attached hydrogens (tertiary/aromatic N) is 7. The van der Waals surface area contributed by atoms with Crippen LogP contribution in [0.4, 0.5) is 5.82 Å². The number of aryl methyl sites for hydroxylation is 1. The van der Waals surface area contributed by atoms with Crippen molar-refractivity contribution >= 4 is 33.9 Å². The van der Waals surface area contributed by atoms with Gasteiger partial charge < -0.3 is 14.4 Å². The topological polar surface area (TPSA) is 105 Å². The standard InChI is InChI=1S/C29H30N8O2/c1-19-6-2-3-7-21(19)22-16-36(28-25(22)27(31-18-32-28)35-12-5-13-35)17-24(38)34-14-9-20(10-15-34)37-23-8-4-11-30-26(23)33-29(37)39/h2-4,6-8,11,16,18,20H,5,9-10,12-15,17H2,1H3,(H,30,33,39). The molecule has 0 bridgehead atoms. The van der Waals surface area contributed by atoms with Crippen molar-refractivity contribution in [3.05, 3.63) is 71.2 Å². The molecule has 198 valence electrons. The van der Waals surface area contributed by atoms with Gasteiger partial charge in [0.1, 0.15) is 24.3 Å². The monoisotopic (exact) mass is 522 g/mol. The highest BCUT2D eigenvalue weighted by Crippen LogP contribution is 2.38. The van der Waals surface area contributed by atoms with Crippen LogP contribution in [0, 0.1) is 6.92 Å². The van der Waals surface area contributed by atoms with Crippen LogP contribution in [0.15, 0.2) is 59.9 Å². The Morgan fingerprint density at radius 2 is 1.82 bits per heavy atom. The van der Waals surface area contributed by atoms with E-state index in [2.05, 4.69) is 50.1 Å². The first-order chi connectivity index (χ1) is 19.1. The van der Waals surface area contributed by atoms with Gasteiger partial charge >= 0.3 is 5.69 Å². The molecule has 7 rings (SSSR count). The summed E-state index contributed by atoms with van der Waals surface area (Å²) in [4.78, 5) is 46.8. The fourth-order valence-corrected chi connectivity index (χ4v) is 6.02. The van der Waals surface area contributed by atoms with Gasteiger partial charge in [-0.1, -0.05) is 24.3 Å². The van der Waals surface area contributed by atoms with Gasteiger partial charge in [-0.2, -0.15) is 0 Å². The molecule has 0 unspecified atom stereocenters. The number of fused-ring (bicyclic) bond motifs is 2. The van der Waals surface area contributed by atoms with Crippen LogP contribution >= 0.6 is 0 Å². The highest BCUT2D eigenvalue weighted by molar-refractivity contribution is 6.02. The van der Waals surface area contributed by atoms with E-state index in [9.17, 15) is 9.59 Å². The van der Waals surface area contributed by atoms with Crippen molar-refractivity contribution in [1.29, 1.82) is 0 Å². The number of piperidine rings is 1. The summed E-state index contributed by atoms with van der Waals surface area (Å²) in [6, 6.07) is 12.1. The minimum absolute atomic E-state index is 0.0337. The Labute approximate surface area is 224 Å². The lowest BCUT2D eigenvalue weighted by molar-refractivity contribution is -0.133. The van der Waals surface area contributed by atoms with Gasteiger partial charge in [0, 0.05) is 50.2 Å². The zero-order valence-corrected chi connectivity index (χ0v) is 21.9. The zero-order valence-electron chi connectivity index (χ0n) is 21.9. The highest BCUT2D eigenvalue weighted by Gasteiger charge is 2.28. The van der Waals surface area contributed by atoms with E-state index in [4.69, 9.17) is 0 Å². The Hall–Kier alpha value is -4.47. The number of rotatable bonds is 5. The maximum atomic E-state index is 13.5. The van der Waals surface area contributed by atoms with E-state index in [0.29, 0.717) is 18.7 Å². The second-order valence-electron chi connectivity index (χ2n) is 10.5. The number of likely N-dealkylation sites (tertiary alicyclic amines) is 1. The van der Waals surface area contributed by atoms with Gasteiger partial charge in [0.05, 0.1) is 10.9 Å².